The number of non-ortho nitro benzene ring substituents is 1. The van der Waals surface area contributed by atoms with Crippen LogP contribution in [0.25, 0.3) is 0 Å². The number of ether oxygens (including phenoxy) is 1. The van der Waals surface area contributed by atoms with Gasteiger partial charge < -0.3 is 4.74 Å². The van der Waals surface area contributed by atoms with Crippen LogP contribution in [0, 0.1) is 22.0 Å². The fourth-order valence-corrected chi connectivity index (χ4v) is 5.49. The third-order valence-electron chi connectivity index (χ3n) is 7.19. The molecule has 0 saturated carbocycles. The Kier molecular flexibility index (Phi) is 8.11. The van der Waals surface area contributed by atoms with Crippen molar-refractivity contribution in [3.63, 3.8) is 0 Å². The predicted octanol–water partition coefficient (Wildman–Crippen LogP) is 6.28. The van der Waals surface area contributed by atoms with E-state index in [2.05, 4.69) is 0 Å². The van der Waals surface area contributed by atoms with Gasteiger partial charge in [-0.15, -0.1) is 0 Å². The quantitative estimate of drug-likeness (QED) is 0.0969. The number of benzene rings is 3. The lowest BCUT2D eigenvalue weighted by Crippen LogP contribution is -2.52. The van der Waals surface area contributed by atoms with Gasteiger partial charge in [-0.05, 0) is 74.4 Å². The van der Waals surface area contributed by atoms with Crippen molar-refractivity contribution in [3.8, 4) is 11.5 Å². The first-order chi connectivity index (χ1) is 20.0. The van der Waals surface area contributed by atoms with E-state index < -0.39 is 46.8 Å². The van der Waals surface area contributed by atoms with Crippen molar-refractivity contribution in [1.82, 2.24) is 10.0 Å². The van der Waals surface area contributed by atoms with Gasteiger partial charge in [0.05, 0.1) is 27.3 Å². The van der Waals surface area contributed by atoms with E-state index in [1.165, 1.54) is 66.7 Å². The van der Waals surface area contributed by atoms with Gasteiger partial charge in [0, 0.05) is 22.7 Å². The van der Waals surface area contributed by atoms with Crippen molar-refractivity contribution >= 4 is 52.4 Å². The van der Waals surface area contributed by atoms with E-state index >= 15 is 0 Å². The number of halogens is 2. The summed E-state index contributed by atoms with van der Waals surface area (Å²) in [6.07, 6.45) is 2.66. The van der Waals surface area contributed by atoms with Crippen molar-refractivity contribution in [1.29, 1.82) is 0 Å². The number of nitrogens with zero attached hydrogens (tertiary/aromatic N) is 3. The minimum Gasteiger partial charge on any atom is -0.457 e. The second-order valence-corrected chi connectivity index (χ2v) is 10.8. The maximum Gasteiger partial charge on any atom is 0.274 e. The highest BCUT2D eigenvalue weighted by atomic mass is 35.5. The number of carbonyl (C=O) groups is 4. The zero-order valence-electron chi connectivity index (χ0n) is 22.2. The van der Waals surface area contributed by atoms with E-state index in [-0.39, 0.29) is 26.9 Å². The molecule has 10 nitrogen and oxygen atoms in total. The van der Waals surface area contributed by atoms with E-state index in [0.29, 0.717) is 24.3 Å². The molecule has 214 valence electrons. The Labute approximate surface area is 250 Å². The molecule has 1 heterocycles. The third-order valence-corrected chi connectivity index (χ3v) is 7.74. The number of fused-ring (bicyclic) bond motifs is 1. The molecule has 1 saturated heterocycles. The van der Waals surface area contributed by atoms with E-state index in [9.17, 15) is 29.3 Å². The number of allylic oxidation sites excluding steroid dienone is 2. The van der Waals surface area contributed by atoms with Gasteiger partial charge in [-0.3, -0.25) is 29.3 Å². The first-order valence-corrected chi connectivity index (χ1v) is 13.6. The molecule has 0 N–H and O–H groups in total. The fourth-order valence-electron chi connectivity index (χ4n) is 5.00. The molecule has 3 aromatic rings. The highest BCUT2D eigenvalue weighted by molar-refractivity contribution is 6.36. The Morgan fingerprint density at radius 1 is 0.976 bits per heavy atom. The molecule has 3 amide bonds. The maximum absolute atomic E-state index is 13.7. The molecule has 0 radical (unpaired) electrons. The second kappa shape index (κ2) is 11.8. The molecule has 12 heteroatoms. The van der Waals surface area contributed by atoms with E-state index in [1.54, 1.807) is 0 Å². The molecule has 0 spiro atoms. The van der Waals surface area contributed by atoms with E-state index in [0.717, 1.165) is 15.6 Å². The number of ketones is 1. The number of nitro benzene ring substituents is 1. The lowest BCUT2D eigenvalue weighted by molar-refractivity contribution is -0.384. The molecule has 0 aromatic heterocycles. The zero-order chi connectivity index (χ0) is 30.1. The number of Topliss-reactive ketones (excluding diaryl/α,β-unsaturated/α-hetero) is 1. The summed E-state index contributed by atoms with van der Waals surface area (Å²) >= 11 is 12.3. The zero-order valence-corrected chi connectivity index (χ0v) is 23.7. The monoisotopic (exact) mass is 607 g/mol. The Hall–Kier alpha value is -4.54. The van der Waals surface area contributed by atoms with Crippen LogP contribution in [0.15, 0.2) is 78.4 Å². The first kappa shape index (κ1) is 29.0. The Balaban J connectivity index is 1.39. The largest absolute Gasteiger partial charge is 0.457 e. The van der Waals surface area contributed by atoms with Gasteiger partial charge in [0.2, 0.25) is 0 Å². The van der Waals surface area contributed by atoms with Gasteiger partial charge >= 0.3 is 0 Å². The molecule has 2 aliphatic rings. The van der Waals surface area contributed by atoms with Crippen LogP contribution in [0.4, 0.5) is 5.69 Å². The van der Waals surface area contributed by atoms with Crippen LogP contribution >= 0.6 is 23.2 Å². The minimum absolute atomic E-state index is 0.00622. The average molecular weight is 608 g/mol. The van der Waals surface area contributed by atoms with Gasteiger partial charge in [-0.25, -0.2) is 5.01 Å². The lowest BCUT2D eigenvalue weighted by Gasteiger charge is -2.30. The number of imide groups is 1. The summed E-state index contributed by atoms with van der Waals surface area (Å²) in [6, 6.07) is 15.7. The smallest absolute Gasteiger partial charge is 0.274 e. The number of hydrogen-bond acceptors (Lipinski definition) is 7. The highest BCUT2D eigenvalue weighted by Gasteiger charge is 2.52. The van der Waals surface area contributed by atoms with Crippen molar-refractivity contribution < 1.29 is 28.8 Å². The van der Waals surface area contributed by atoms with Gasteiger partial charge in [-0.1, -0.05) is 34.9 Å². The van der Waals surface area contributed by atoms with E-state index in [4.69, 9.17) is 27.9 Å². The molecular formula is C30H23Cl2N3O7. The molecule has 1 aliphatic carbocycles. The highest BCUT2D eigenvalue weighted by Crippen LogP contribution is 2.39. The van der Waals surface area contributed by atoms with Crippen molar-refractivity contribution in [2.75, 3.05) is 6.54 Å². The number of hydrogen-bond donors (Lipinski definition) is 0. The Bertz CT molecular complexity index is 1640. The fraction of sp³-hybridized carbons (Fsp3) is 0.200. The molecular weight excluding hydrogens is 585 g/mol. The number of carbonyl (C=O) groups excluding carboxylic acids is 4. The summed E-state index contributed by atoms with van der Waals surface area (Å²) in [7, 11) is 0. The van der Waals surface area contributed by atoms with Crippen molar-refractivity contribution in [2.45, 2.75) is 19.8 Å². The van der Waals surface area contributed by atoms with Crippen molar-refractivity contribution in [2.24, 2.45) is 11.8 Å². The minimum atomic E-state index is -0.798. The van der Waals surface area contributed by atoms with Crippen LogP contribution in [0.5, 0.6) is 11.5 Å². The Morgan fingerprint density at radius 2 is 1.60 bits per heavy atom. The second-order valence-electron chi connectivity index (χ2n) is 9.98. The van der Waals surface area contributed by atoms with E-state index in [1.807, 2.05) is 13.0 Å². The van der Waals surface area contributed by atoms with Crippen LogP contribution < -0.4 is 4.74 Å². The van der Waals surface area contributed by atoms with Crippen LogP contribution in [0.3, 0.4) is 0 Å². The molecule has 0 unspecified atom stereocenters. The number of amides is 3. The van der Waals surface area contributed by atoms with Crippen LogP contribution in [0.2, 0.25) is 10.0 Å². The lowest BCUT2D eigenvalue weighted by atomic mass is 9.82. The van der Waals surface area contributed by atoms with Gasteiger partial charge in [-0.2, -0.15) is 5.01 Å². The van der Waals surface area contributed by atoms with Crippen LogP contribution in [-0.2, 0) is 9.59 Å². The molecule has 2 atom stereocenters. The molecule has 1 fully saturated rings. The van der Waals surface area contributed by atoms with Gasteiger partial charge in [0.15, 0.2) is 5.78 Å². The molecule has 1 aliphatic heterocycles. The van der Waals surface area contributed by atoms with Gasteiger partial charge in [0.25, 0.3) is 23.4 Å². The SMILES string of the molecule is CC1=CC[C@@H]2C(=O)N(N(CC(=O)c3ccc(Oc4ccc([N+](=O)[O-])cc4)cc3)C(=O)c3ccc(Cl)cc3Cl)C(=O)[C@@H]2C1. The summed E-state index contributed by atoms with van der Waals surface area (Å²) < 4.78 is 5.69. The first-order valence-electron chi connectivity index (χ1n) is 12.9. The summed E-state index contributed by atoms with van der Waals surface area (Å²) in [4.78, 5) is 64.4. The Morgan fingerprint density at radius 3 is 2.21 bits per heavy atom. The summed E-state index contributed by atoms with van der Waals surface area (Å²) in [6.45, 7) is 1.27. The van der Waals surface area contributed by atoms with Gasteiger partial charge in [0.1, 0.15) is 18.0 Å². The molecule has 5 rings (SSSR count). The van der Waals surface area contributed by atoms with Crippen LogP contribution in [0.1, 0.15) is 40.5 Å². The number of nitro groups is 1. The summed E-state index contributed by atoms with van der Waals surface area (Å²) in [5.74, 6) is -2.96. The summed E-state index contributed by atoms with van der Waals surface area (Å²) in [5, 5.41) is 12.8. The number of hydrazine groups is 1. The third kappa shape index (κ3) is 5.77. The standard InChI is InChI=1S/C30H23Cl2N3O7/c1-17-2-12-23-25(14-17)30(39)34(29(23)38)33(28(37)24-13-5-19(31)15-26(24)32)16-27(36)18-3-8-21(9-4-18)42-22-10-6-20(7-11-22)35(40)41/h2-11,13,15,23,25H,12,14,16H2,1H3/t23-,25+/m0/s1. The summed E-state index contributed by atoms with van der Waals surface area (Å²) in [5.41, 5.74) is 1.07. The molecule has 42 heavy (non-hydrogen) atoms. The average Bonchev–Trinajstić information content (AvgIpc) is 3.20. The van der Waals surface area contributed by atoms with Crippen LogP contribution in [-0.4, -0.2) is 45.0 Å². The topological polar surface area (TPSA) is 127 Å². The van der Waals surface area contributed by atoms with Crippen molar-refractivity contribution in [3.05, 3.63) is 110 Å². The molecule has 0 bridgehead atoms. The number of rotatable bonds is 8. The molecule has 3 aromatic carbocycles. The normalized spacial score (nSPS) is 17.9. The predicted molar refractivity (Wildman–Crippen MR) is 153 cm³/mol. The maximum atomic E-state index is 13.7.